The number of hydrogen-bond donors (Lipinski definition) is 3. The summed E-state index contributed by atoms with van der Waals surface area (Å²) in [6.07, 6.45) is 9.83. The minimum Gasteiger partial charge on any atom is -0.481 e. The van der Waals surface area contributed by atoms with Crippen molar-refractivity contribution in [3.8, 4) is 0 Å². The fraction of sp³-hybridized carbons (Fsp3) is 0.714. The number of carboxylic acid groups (broad SMARTS) is 1. The first-order valence-corrected chi connectivity index (χ1v) is 7.09. The van der Waals surface area contributed by atoms with Crippen molar-refractivity contribution < 1.29 is 14.7 Å². The van der Waals surface area contributed by atoms with Gasteiger partial charge in [0.25, 0.3) is 0 Å². The molecule has 5 nitrogen and oxygen atoms in total. The van der Waals surface area contributed by atoms with Gasteiger partial charge in [-0.05, 0) is 38.0 Å². The minimum absolute atomic E-state index is 0.219. The van der Waals surface area contributed by atoms with Gasteiger partial charge < -0.3 is 15.7 Å². The van der Waals surface area contributed by atoms with Crippen molar-refractivity contribution in [3.05, 3.63) is 12.2 Å². The first-order chi connectivity index (χ1) is 9.16. The van der Waals surface area contributed by atoms with Crippen LogP contribution in [0.3, 0.4) is 0 Å². The molecule has 0 aromatic heterocycles. The van der Waals surface area contributed by atoms with Gasteiger partial charge in [0.1, 0.15) is 0 Å². The molecule has 2 aliphatic carbocycles. The van der Waals surface area contributed by atoms with E-state index in [9.17, 15) is 9.59 Å². The van der Waals surface area contributed by atoms with Crippen molar-refractivity contribution in [2.75, 3.05) is 6.54 Å². The van der Waals surface area contributed by atoms with Gasteiger partial charge in [-0.25, -0.2) is 4.79 Å². The lowest BCUT2D eigenvalue weighted by Crippen LogP contribution is -2.46. The van der Waals surface area contributed by atoms with Crippen LogP contribution < -0.4 is 10.6 Å². The Morgan fingerprint density at radius 3 is 2.74 bits per heavy atom. The fourth-order valence-corrected chi connectivity index (χ4v) is 2.93. The van der Waals surface area contributed by atoms with Gasteiger partial charge in [0.2, 0.25) is 0 Å². The molecule has 1 fully saturated rings. The number of amides is 2. The van der Waals surface area contributed by atoms with Crippen LogP contribution in [0.5, 0.6) is 0 Å². The van der Waals surface area contributed by atoms with Crippen molar-refractivity contribution in [2.45, 2.75) is 44.6 Å². The van der Waals surface area contributed by atoms with Gasteiger partial charge in [-0.2, -0.15) is 0 Å². The second-order valence-electron chi connectivity index (χ2n) is 5.49. The Kier molecular flexibility index (Phi) is 4.82. The highest BCUT2D eigenvalue weighted by Crippen LogP contribution is 2.25. The van der Waals surface area contributed by atoms with Gasteiger partial charge >= 0.3 is 12.0 Å². The summed E-state index contributed by atoms with van der Waals surface area (Å²) in [5, 5.41) is 14.7. The average Bonchev–Trinajstić information content (AvgIpc) is 2.86. The van der Waals surface area contributed by atoms with E-state index in [4.69, 9.17) is 5.11 Å². The first-order valence-electron chi connectivity index (χ1n) is 7.09. The molecule has 2 aliphatic rings. The standard InChI is InChI=1S/C14H22N2O3/c17-13(18)11-7-4-8-12(11)16-14(19)15-9-10-5-2-1-3-6-10/h1-2,10-12H,3-9H2,(H,17,18)(H2,15,16,19). The number of nitrogens with one attached hydrogen (secondary N) is 2. The summed E-state index contributed by atoms with van der Waals surface area (Å²) in [5.74, 6) is -0.724. The number of allylic oxidation sites excluding steroid dienone is 2. The molecule has 106 valence electrons. The summed E-state index contributed by atoms with van der Waals surface area (Å²) >= 11 is 0. The topological polar surface area (TPSA) is 78.4 Å². The van der Waals surface area contributed by atoms with E-state index in [1.165, 1.54) is 0 Å². The quantitative estimate of drug-likeness (QED) is 0.680. The van der Waals surface area contributed by atoms with Crippen molar-refractivity contribution in [1.82, 2.24) is 10.6 Å². The van der Waals surface area contributed by atoms with Gasteiger partial charge in [-0.3, -0.25) is 4.79 Å². The normalized spacial score (nSPS) is 30.0. The van der Waals surface area contributed by atoms with Crippen LogP contribution in [-0.4, -0.2) is 29.7 Å². The number of carboxylic acids is 1. The minimum atomic E-state index is -0.805. The molecule has 0 bridgehead atoms. The summed E-state index contributed by atoms with van der Waals surface area (Å²) in [5.41, 5.74) is 0. The first kappa shape index (κ1) is 13.9. The average molecular weight is 266 g/mol. The third kappa shape index (κ3) is 3.98. The number of aliphatic carboxylic acids is 1. The lowest BCUT2D eigenvalue weighted by atomic mass is 9.94. The van der Waals surface area contributed by atoms with Gasteiger partial charge in [-0.1, -0.05) is 18.6 Å². The maximum Gasteiger partial charge on any atom is 0.315 e. The van der Waals surface area contributed by atoms with Crippen molar-refractivity contribution >= 4 is 12.0 Å². The van der Waals surface area contributed by atoms with Crippen LogP contribution in [0.4, 0.5) is 4.79 Å². The fourth-order valence-electron chi connectivity index (χ4n) is 2.93. The molecule has 3 unspecified atom stereocenters. The summed E-state index contributed by atoms with van der Waals surface area (Å²) in [6, 6.07) is -0.448. The molecular weight excluding hydrogens is 244 g/mol. The Hall–Kier alpha value is -1.52. The van der Waals surface area contributed by atoms with Gasteiger partial charge in [0, 0.05) is 12.6 Å². The highest BCUT2D eigenvalue weighted by Gasteiger charge is 2.33. The van der Waals surface area contributed by atoms with Gasteiger partial charge in [-0.15, -0.1) is 0 Å². The van der Waals surface area contributed by atoms with E-state index in [1.807, 2.05) is 0 Å². The molecule has 3 N–H and O–H groups in total. The number of carbonyl (C=O) groups is 2. The molecular formula is C14H22N2O3. The van der Waals surface area contributed by atoms with Crippen molar-refractivity contribution in [2.24, 2.45) is 11.8 Å². The predicted molar refractivity (Wildman–Crippen MR) is 71.8 cm³/mol. The van der Waals surface area contributed by atoms with Crippen LogP contribution in [0.25, 0.3) is 0 Å². The Morgan fingerprint density at radius 2 is 2.05 bits per heavy atom. The lowest BCUT2D eigenvalue weighted by Gasteiger charge is -2.21. The molecule has 0 aromatic carbocycles. The van der Waals surface area contributed by atoms with Crippen LogP contribution in [0.15, 0.2) is 12.2 Å². The lowest BCUT2D eigenvalue weighted by molar-refractivity contribution is -0.142. The molecule has 0 saturated heterocycles. The Morgan fingerprint density at radius 1 is 1.21 bits per heavy atom. The third-order valence-corrected chi connectivity index (χ3v) is 4.08. The summed E-state index contributed by atoms with van der Waals surface area (Å²) in [6.45, 7) is 0.667. The number of hydrogen-bond acceptors (Lipinski definition) is 2. The largest absolute Gasteiger partial charge is 0.481 e. The summed E-state index contributed by atoms with van der Waals surface area (Å²) < 4.78 is 0. The molecule has 0 spiro atoms. The number of carbonyl (C=O) groups excluding carboxylic acids is 1. The van der Waals surface area contributed by atoms with E-state index in [2.05, 4.69) is 22.8 Å². The molecule has 2 rings (SSSR count). The number of rotatable bonds is 4. The van der Waals surface area contributed by atoms with Crippen LogP contribution in [-0.2, 0) is 4.79 Å². The Labute approximate surface area is 113 Å². The Bertz CT molecular complexity index is 368. The molecule has 0 aromatic rings. The predicted octanol–water partition coefficient (Wildman–Crippen LogP) is 1.90. The van der Waals surface area contributed by atoms with E-state index in [-0.39, 0.29) is 12.1 Å². The molecule has 0 heterocycles. The van der Waals surface area contributed by atoms with Gasteiger partial charge in [0.15, 0.2) is 0 Å². The van der Waals surface area contributed by atoms with Crippen LogP contribution in [0.2, 0.25) is 0 Å². The van der Waals surface area contributed by atoms with Crippen molar-refractivity contribution in [1.29, 1.82) is 0 Å². The Balaban J connectivity index is 1.71. The third-order valence-electron chi connectivity index (χ3n) is 4.08. The SMILES string of the molecule is O=C(NCC1CC=CCC1)NC1CCCC1C(=O)O. The zero-order valence-corrected chi connectivity index (χ0v) is 11.1. The highest BCUT2D eigenvalue weighted by atomic mass is 16.4. The van der Waals surface area contributed by atoms with E-state index >= 15 is 0 Å². The molecule has 19 heavy (non-hydrogen) atoms. The second kappa shape index (κ2) is 6.59. The second-order valence-corrected chi connectivity index (χ2v) is 5.49. The van der Waals surface area contributed by atoms with E-state index in [1.54, 1.807) is 0 Å². The molecule has 1 saturated carbocycles. The summed E-state index contributed by atoms with van der Waals surface area (Å²) in [7, 11) is 0. The highest BCUT2D eigenvalue weighted by molar-refractivity contribution is 5.77. The maximum atomic E-state index is 11.8. The zero-order chi connectivity index (χ0) is 13.7. The van der Waals surface area contributed by atoms with E-state index in [0.717, 1.165) is 32.1 Å². The summed E-state index contributed by atoms with van der Waals surface area (Å²) in [4.78, 5) is 22.8. The van der Waals surface area contributed by atoms with Crippen LogP contribution >= 0.6 is 0 Å². The van der Waals surface area contributed by atoms with Crippen LogP contribution in [0.1, 0.15) is 38.5 Å². The maximum absolute atomic E-state index is 11.8. The monoisotopic (exact) mass is 266 g/mol. The van der Waals surface area contributed by atoms with E-state index < -0.39 is 11.9 Å². The van der Waals surface area contributed by atoms with Crippen molar-refractivity contribution in [3.63, 3.8) is 0 Å². The zero-order valence-electron chi connectivity index (χ0n) is 11.1. The smallest absolute Gasteiger partial charge is 0.315 e. The molecule has 0 radical (unpaired) electrons. The molecule has 0 aliphatic heterocycles. The van der Waals surface area contributed by atoms with Gasteiger partial charge in [0.05, 0.1) is 5.92 Å². The van der Waals surface area contributed by atoms with E-state index in [0.29, 0.717) is 18.9 Å². The molecule has 5 heteroatoms. The molecule has 3 atom stereocenters. The van der Waals surface area contributed by atoms with Crippen LogP contribution in [0, 0.1) is 11.8 Å². The molecule has 2 amide bonds. The number of urea groups is 1.